The number of carbonyl (C=O) groups is 1. The van der Waals surface area contributed by atoms with Crippen molar-refractivity contribution < 1.29 is 4.79 Å². The van der Waals surface area contributed by atoms with E-state index in [1.807, 2.05) is 11.3 Å². The van der Waals surface area contributed by atoms with E-state index in [-0.39, 0.29) is 5.92 Å². The largest absolute Gasteiger partial charge is 0.355 e. The van der Waals surface area contributed by atoms with Crippen molar-refractivity contribution in [2.75, 3.05) is 31.1 Å². The molecule has 5 nitrogen and oxygen atoms in total. The highest BCUT2D eigenvalue weighted by Gasteiger charge is 2.34. The number of rotatable bonds is 2. The van der Waals surface area contributed by atoms with Crippen molar-refractivity contribution in [2.45, 2.75) is 38.5 Å². The first kappa shape index (κ1) is 14.6. The van der Waals surface area contributed by atoms with Crippen LogP contribution in [0.15, 0.2) is 6.33 Å². The fourth-order valence-corrected chi connectivity index (χ4v) is 5.73. The summed E-state index contributed by atoms with van der Waals surface area (Å²) in [6.07, 6.45) is 8.56. The quantitative estimate of drug-likeness (QED) is 0.842. The number of aryl methyl sites for hydroxylation is 2. The minimum Gasteiger partial charge on any atom is -0.355 e. The molecule has 1 unspecified atom stereocenters. The van der Waals surface area contributed by atoms with E-state index < -0.39 is 0 Å². The zero-order valence-electron chi connectivity index (χ0n) is 13.8. The lowest BCUT2D eigenvalue weighted by Crippen LogP contribution is -2.35. The molecule has 0 radical (unpaired) electrons. The number of amides is 1. The van der Waals surface area contributed by atoms with E-state index in [1.54, 1.807) is 6.33 Å². The lowest BCUT2D eigenvalue weighted by molar-refractivity contribution is -0.133. The van der Waals surface area contributed by atoms with E-state index in [0.29, 0.717) is 5.91 Å². The molecule has 1 atom stereocenters. The summed E-state index contributed by atoms with van der Waals surface area (Å²) in [5.41, 5.74) is 1.47. The van der Waals surface area contributed by atoms with Gasteiger partial charge in [-0.25, -0.2) is 9.97 Å². The predicted octanol–water partition coefficient (Wildman–Crippen LogP) is 2.63. The van der Waals surface area contributed by atoms with Crippen LogP contribution < -0.4 is 4.90 Å². The second kappa shape index (κ2) is 5.69. The molecular weight excluding hydrogens is 320 g/mol. The first-order valence-electron chi connectivity index (χ1n) is 9.10. The van der Waals surface area contributed by atoms with Gasteiger partial charge in [0.05, 0.1) is 11.3 Å². The molecule has 0 saturated carbocycles. The Morgan fingerprint density at radius 2 is 2.00 bits per heavy atom. The maximum absolute atomic E-state index is 12.7. The predicted molar refractivity (Wildman–Crippen MR) is 95.6 cm³/mol. The van der Waals surface area contributed by atoms with Gasteiger partial charge in [0.1, 0.15) is 17.0 Å². The van der Waals surface area contributed by atoms with Crippen LogP contribution >= 0.6 is 11.3 Å². The molecule has 24 heavy (non-hydrogen) atoms. The van der Waals surface area contributed by atoms with Crippen LogP contribution in [0.5, 0.6) is 0 Å². The standard InChI is InChI=1S/C18H22N4OS/c23-18(21-7-1-2-8-21)12-6-9-22(10-12)16-15-13-4-3-5-14(13)24-17(15)20-11-19-16/h11-12H,1-10H2. The van der Waals surface area contributed by atoms with Crippen molar-refractivity contribution >= 4 is 33.3 Å². The zero-order chi connectivity index (χ0) is 16.1. The molecule has 1 aliphatic carbocycles. The second-order valence-electron chi connectivity index (χ2n) is 7.20. The first-order chi connectivity index (χ1) is 11.8. The van der Waals surface area contributed by atoms with Crippen molar-refractivity contribution in [3.63, 3.8) is 0 Å². The van der Waals surface area contributed by atoms with Gasteiger partial charge in [0.15, 0.2) is 0 Å². The minimum atomic E-state index is 0.139. The van der Waals surface area contributed by atoms with Gasteiger partial charge in [-0.15, -0.1) is 11.3 Å². The summed E-state index contributed by atoms with van der Waals surface area (Å²) in [5.74, 6) is 1.56. The number of fused-ring (bicyclic) bond motifs is 3. The van der Waals surface area contributed by atoms with Crippen LogP contribution in [0.25, 0.3) is 10.2 Å². The van der Waals surface area contributed by atoms with Gasteiger partial charge in [-0.3, -0.25) is 4.79 Å². The molecule has 3 aliphatic rings. The fraction of sp³-hybridized carbons (Fsp3) is 0.611. The third-order valence-electron chi connectivity index (χ3n) is 5.74. The van der Waals surface area contributed by atoms with Gasteiger partial charge in [0, 0.05) is 31.1 Å². The fourth-order valence-electron chi connectivity index (χ4n) is 4.50. The van der Waals surface area contributed by atoms with E-state index in [2.05, 4.69) is 19.8 Å². The topological polar surface area (TPSA) is 49.3 Å². The van der Waals surface area contributed by atoms with Crippen molar-refractivity contribution in [3.05, 3.63) is 16.8 Å². The Hall–Kier alpha value is -1.69. The molecule has 4 heterocycles. The third kappa shape index (κ3) is 2.23. The monoisotopic (exact) mass is 342 g/mol. The molecule has 5 rings (SSSR count). The minimum absolute atomic E-state index is 0.139. The highest BCUT2D eigenvalue weighted by Crippen LogP contribution is 2.41. The van der Waals surface area contributed by atoms with Crippen LogP contribution in [0.1, 0.15) is 36.1 Å². The summed E-state index contributed by atoms with van der Waals surface area (Å²) in [4.78, 5) is 28.8. The maximum atomic E-state index is 12.7. The van der Waals surface area contributed by atoms with Crippen LogP contribution in [-0.2, 0) is 17.6 Å². The number of carbonyl (C=O) groups excluding carboxylic acids is 1. The van der Waals surface area contributed by atoms with Crippen LogP contribution in [0, 0.1) is 5.92 Å². The molecule has 0 spiro atoms. The second-order valence-corrected chi connectivity index (χ2v) is 8.28. The van der Waals surface area contributed by atoms with Gasteiger partial charge in [-0.2, -0.15) is 0 Å². The highest BCUT2D eigenvalue weighted by atomic mass is 32.1. The normalized spacial score (nSPS) is 23.4. The molecular formula is C18H22N4OS. The Labute approximate surface area is 145 Å². The molecule has 0 bridgehead atoms. The van der Waals surface area contributed by atoms with Crippen molar-refractivity contribution in [1.29, 1.82) is 0 Å². The van der Waals surface area contributed by atoms with Gasteiger partial charge in [-0.05, 0) is 44.1 Å². The third-order valence-corrected chi connectivity index (χ3v) is 6.94. The molecule has 1 amide bonds. The van der Waals surface area contributed by atoms with Gasteiger partial charge in [0.25, 0.3) is 0 Å². The summed E-state index contributed by atoms with van der Waals surface area (Å²) >= 11 is 1.83. The zero-order valence-corrected chi connectivity index (χ0v) is 14.6. The summed E-state index contributed by atoms with van der Waals surface area (Å²) in [6, 6.07) is 0. The molecule has 0 N–H and O–H groups in total. The lowest BCUT2D eigenvalue weighted by Gasteiger charge is -2.21. The molecule has 2 aromatic rings. The van der Waals surface area contributed by atoms with Gasteiger partial charge in [-0.1, -0.05) is 0 Å². The Morgan fingerprint density at radius 3 is 2.88 bits per heavy atom. The SMILES string of the molecule is O=C(C1CCN(c2ncnc3sc4c(c23)CCC4)C1)N1CCCC1. The number of anilines is 1. The molecule has 2 aliphatic heterocycles. The summed E-state index contributed by atoms with van der Waals surface area (Å²) in [6.45, 7) is 3.64. The Balaban J connectivity index is 1.43. The first-order valence-corrected chi connectivity index (χ1v) is 9.92. The average molecular weight is 342 g/mol. The Kier molecular flexibility index (Phi) is 3.47. The number of aromatic nitrogens is 2. The van der Waals surface area contributed by atoms with Gasteiger partial charge >= 0.3 is 0 Å². The van der Waals surface area contributed by atoms with Crippen molar-refractivity contribution in [1.82, 2.24) is 14.9 Å². The molecule has 0 aromatic carbocycles. The average Bonchev–Trinajstić information content (AvgIpc) is 3.36. The number of hydrogen-bond acceptors (Lipinski definition) is 5. The Morgan fingerprint density at radius 1 is 1.12 bits per heavy atom. The van der Waals surface area contributed by atoms with E-state index >= 15 is 0 Å². The van der Waals surface area contributed by atoms with Crippen molar-refractivity contribution in [3.8, 4) is 0 Å². The van der Waals surface area contributed by atoms with Crippen LogP contribution in [0.2, 0.25) is 0 Å². The maximum Gasteiger partial charge on any atom is 0.227 e. The number of nitrogens with zero attached hydrogens (tertiary/aromatic N) is 4. The van der Waals surface area contributed by atoms with E-state index in [4.69, 9.17) is 0 Å². The van der Waals surface area contributed by atoms with E-state index in [1.165, 1.54) is 28.7 Å². The molecule has 2 saturated heterocycles. The number of hydrogen-bond donors (Lipinski definition) is 0. The summed E-state index contributed by atoms with van der Waals surface area (Å²) in [7, 11) is 0. The molecule has 2 fully saturated rings. The lowest BCUT2D eigenvalue weighted by atomic mass is 10.1. The summed E-state index contributed by atoms with van der Waals surface area (Å²) < 4.78 is 0. The summed E-state index contributed by atoms with van der Waals surface area (Å²) in [5, 5.41) is 1.27. The van der Waals surface area contributed by atoms with Crippen LogP contribution in [0.3, 0.4) is 0 Å². The highest BCUT2D eigenvalue weighted by molar-refractivity contribution is 7.19. The molecule has 6 heteroatoms. The molecule has 126 valence electrons. The van der Waals surface area contributed by atoms with Gasteiger partial charge in [0.2, 0.25) is 5.91 Å². The molecule has 2 aromatic heterocycles. The Bertz CT molecular complexity index is 796. The van der Waals surface area contributed by atoms with Gasteiger partial charge < -0.3 is 9.80 Å². The van der Waals surface area contributed by atoms with E-state index in [9.17, 15) is 4.79 Å². The van der Waals surface area contributed by atoms with Crippen LogP contribution in [-0.4, -0.2) is 47.0 Å². The number of thiophene rings is 1. The van der Waals surface area contributed by atoms with Crippen LogP contribution in [0.4, 0.5) is 5.82 Å². The van der Waals surface area contributed by atoms with Crippen molar-refractivity contribution in [2.24, 2.45) is 5.92 Å². The smallest absolute Gasteiger partial charge is 0.227 e. The number of likely N-dealkylation sites (tertiary alicyclic amines) is 1. The van der Waals surface area contributed by atoms with E-state index in [0.717, 1.165) is 62.5 Å².